The van der Waals surface area contributed by atoms with E-state index in [1.165, 1.54) is 15.7 Å². The lowest BCUT2D eigenvalue weighted by Crippen LogP contribution is -2.62. The second-order valence-electron chi connectivity index (χ2n) is 5.25. The lowest BCUT2D eigenvalue weighted by molar-refractivity contribution is 0.285. The maximum absolute atomic E-state index is 3.66. The van der Waals surface area contributed by atoms with Gasteiger partial charge in [0.05, 0.1) is 0 Å². The first-order valence-electron chi connectivity index (χ1n) is 6.31. The van der Waals surface area contributed by atoms with Crippen LogP contribution in [-0.2, 0) is 0 Å². The molecule has 1 saturated heterocycles. The van der Waals surface area contributed by atoms with Crippen molar-refractivity contribution in [2.75, 3.05) is 18.0 Å². The molecule has 2 rings (SSSR count). The van der Waals surface area contributed by atoms with Gasteiger partial charge in [0, 0.05) is 33.9 Å². The van der Waals surface area contributed by atoms with Crippen LogP contribution in [0.25, 0.3) is 0 Å². The summed E-state index contributed by atoms with van der Waals surface area (Å²) < 4.78 is 1.30. The first-order chi connectivity index (χ1) is 8.04. The van der Waals surface area contributed by atoms with Crippen molar-refractivity contribution in [3.8, 4) is 0 Å². The Kier molecular flexibility index (Phi) is 3.98. The monoisotopic (exact) mass is 344 g/mol. The molecule has 17 heavy (non-hydrogen) atoms. The van der Waals surface area contributed by atoms with E-state index in [-0.39, 0.29) is 5.54 Å². The molecular formula is C14H21IN2. The van der Waals surface area contributed by atoms with E-state index < -0.39 is 0 Å². The van der Waals surface area contributed by atoms with Gasteiger partial charge in [-0.2, -0.15) is 0 Å². The van der Waals surface area contributed by atoms with E-state index in [9.17, 15) is 0 Å². The molecule has 1 fully saturated rings. The summed E-state index contributed by atoms with van der Waals surface area (Å²) in [5.74, 6) is 0. The molecular weight excluding hydrogens is 323 g/mol. The predicted molar refractivity (Wildman–Crippen MR) is 82.7 cm³/mol. The molecule has 0 aliphatic carbocycles. The molecule has 1 aliphatic rings. The van der Waals surface area contributed by atoms with Gasteiger partial charge >= 0.3 is 0 Å². The number of nitrogens with one attached hydrogen (secondary N) is 1. The Bertz CT molecular complexity index is 376. The summed E-state index contributed by atoms with van der Waals surface area (Å²) in [5.41, 5.74) is 1.59. The van der Waals surface area contributed by atoms with Gasteiger partial charge < -0.3 is 10.2 Å². The SMILES string of the molecule is CCC1(C)CN(c2ccc(I)cc2)C(C)CN1. The Morgan fingerprint density at radius 2 is 2.06 bits per heavy atom. The quantitative estimate of drug-likeness (QED) is 0.829. The third-order valence-electron chi connectivity index (χ3n) is 3.81. The summed E-state index contributed by atoms with van der Waals surface area (Å²) in [6.07, 6.45) is 1.17. The first-order valence-corrected chi connectivity index (χ1v) is 7.39. The topological polar surface area (TPSA) is 15.3 Å². The van der Waals surface area contributed by atoms with E-state index in [0.717, 1.165) is 13.1 Å². The fourth-order valence-electron chi connectivity index (χ4n) is 2.31. The van der Waals surface area contributed by atoms with Crippen molar-refractivity contribution in [1.82, 2.24) is 5.32 Å². The maximum atomic E-state index is 3.66. The van der Waals surface area contributed by atoms with Crippen LogP contribution in [-0.4, -0.2) is 24.7 Å². The minimum absolute atomic E-state index is 0.246. The smallest absolute Gasteiger partial charge is 0.0387 e. The van der Waals surface area contributed by atoms with Crippen molar-refractivity contribution in [3.05, 3.63) is 27.8 Å². The van der Waals surface area contributed by atoms with Crippen molar-refractivity contribution in [1.29, 1.82) is 0 Å². The van der Waals surface area contributed by atoms with Crippen LogP contribution in [0.1, 0.15) is 27.2 Å². The second-order valence-corrected chi connectivity index (χ2v) is 6.49. The Balaban J connectivity index is 2.20. The highest BCUT2D eigenvalue weighted by Crippen LogP contribution is 2.25. The van der Waals surface area contributed by atoms with Crippen molar-refractivity contribution in [3.63, 3.8) is 0 Å². The van der Waals surface area contributed by atoms with E-state index in [0.29, 0.717) is 6.04 Å². The van der Waals surface area contributed by atoms with Gasteiger partial charge in [0.25, 0.3) is 0 Å². The summed E-state index contributed by atoms with van der Waals surface area (Å²) in [7, 11) is 0. The van der Waals surface area contributed by atoms with Crippen LogP contribution in [0.2, 0.25) is 0 Å². The molecule has 94 valence electrons. The van der Waals surface area contributed by atoms with Gasteiger partial charge in [-0.15, -0.1) is 0 Å². The summed E-state index contributed by atoms with van der Waals surface area (Å²) in [6, 6.07) is 9.41. The van der Waals surface area contributed by atoms with Gasteiger partial charge in [0.15, 0.2) is 0 Å². The number of halogens is 1. The first kappa shape index (κ1) is 13.1. The molecule has 0 radical (unpaired) electrons. The van der Waals surface area contributed by atoms with Crippen molar-refractivity contribution in [2.24, 2.45) is 0 Å². The van der Waals surface area contributed by atoms with E-state index in [2.05, 4.69) is 77.8 Å². The fourth-order valence-corrected chi connectivity index (χ4v) is 2.67. The number of rotatable bonds is 2. The van der Waals surface area contributed by atoms with Crippen LogP contribution < -0.4 is 10.2 Å². The van der Waals surface area contributed by atoms with Gasteiger partial charge in [0.2, 0.25) is 0 Å². The minimum Gasteiger partial charge on any atom is -0.366 e. The Morgan fingerprint density at radius 1 is 1.41 bits per heavy atom. The highest BCUT2D eigenvalue weighted by molar-refractivity contribution is 14.1. The minimum atomic E-state index is 0.246. The Hall–Kier alpha value is -0.290. The molecule has 0 spiro atoms. The van der Waals surface area contributed by atoms with E-state index in [4.69, 9.17) is 0 Å². The van der Waals surface area contributed by atoms with Gasteiger partial charge in [0.1, 0.15) is 0 Å². The molecule has 1 aromatic rings. The van der Waals surface area contributed by atoms with Gasteiger partial charge in [-0.1, -0.05) is 6.92 Å². The van der Waals surface area contributed by atoms with E-state index >= 15 is 0 Å². The zero-order chi connectivity index (χ0) is 12.5. The lowest BCUT2D eigenvalue weighted by Gasteiger charge is -2.46. The molecule has 2 atom stereocenters. The molecule has 1 aliphatic heterocycles. The number of anilines is 1. The van der Waals surface area contributed by atoms with Crippen LogP contribution in [0.5, 0.6) is 0 Å². The Morgan fingerprint density at radius 3 is 2.65 bits per heavy atom. The van der Waals surface area contributed by atoms with Crippen LogP contribution in [0, 0.1) is 3.57 Å². The zero-order valence-electron chi connectivity index (χ0n) is 10.8. The largest absolute Gasteiger partial charge is 0.366 e. The van der Waals surface area contributed by atoms with E-state index in [1.54, 1.807) is 0 Å². The fraction of sp³-hybridized carbons (Fsp3) is 0.571. The van der Waals surface area contributed by atoms with Gasteiger partial charge in [-0.3, -0.25) is 0 Å². The maximum Gasteiger partial charge on any atom is 0.0387 e. The second kappa shape index (κ2) is 5.14. The Labute approximate surface area is 118 Å². The lowest BCUT2D eigenvalue weighted by atomic mass is 9.93. The molecule has 2 nitrogen and oxygen atoms in total. The summed E-state index contributed by atoms with van der Waals surface area (Å²) >= 11 is 2.36. The molecule has 1 aromatic carbocycles. The zero-order valence-corrected chi connectivity index (χ0v) is 13.0. The number of benzene rings is 1. The molecule has 1 N–H and O–H groups in total. The molecule has 0 saturated carbocycles. The molecule has 2 unspecified atom stereocenters. The van der Waals surface area contributed by atoms with Gasteiger partial charge in [-0.25, -0.2) is 0 Å². The summed E-state index contributed by atoms with van der Waals surface area (Å²) in [4.78, 5) is 2.52. The average Bonchev–Trinajstić information content (AvgIpc) is 2.34. The summed E-state index contributed by atoms with van der Waals surface area (Å²) in [6.45, 7) is 9.02. The number of piperazine rings is 1. The highest BCUT2D eigenvalue weighted by Gasteiger charge is 2.32. The van der Waals surface area contributed by atoms with Crippen molar-refractivity contribution >= 4 is 28.3 Å². The molecule has 0 bridgehead atoms. The average molecular weight is 344 g/mol. The number of nitrogens with zero attached hydrogens (tertiary/aromatic N) is 1. The highest BCUT2D eigenvalue weighted by atomic mass is 127. The van der Waals surface area contributed by atoms with Crippen molar-refractivity contribution in [2.45, 2.75) is 38.8 Å². The summed E-state index contributed by atoms with van der Waals surface area (Å²) in [5, 5.41) is 3.66. The van der Waals surface area contributed by atoms with Crippen LogP contribution in [0.3, 0.4) is 0 Å². The van der Waals surface area contributed by atoms with Crippen LogP contribution in [0.4, 0.5) is 5.69 Å². The van der Waals surface area contributed by atoms with Gasteiger partial charge in [-0.05, 0) is 67.1 Å². The molecule has 0 amide bonds. The third-order valence-corrected chi connectivity index (χ3v) is 4.53. The third kappa shape index (κ3) is 2.94. The predicted octanol–water partition coefficient (Wildman–Crippen LogP) is 3.26. The standard InChI is InChI=1S/C14H21IN2/c1-4-14(3)10-17(11(2)9-16-14)13-7-5-12(15)6-8-13/h5-8,11,16H,4,9-10H2,1-3H3. The van der Waals surface area contributed by atoms with Crippen LogP contribution in [0.15, 0.2) is 24.3 Å². The number of hydrogen-bond acceptors (Lipinski definition) is 2. The van der Waals surface area contributed by atoms with Crippen molar-refractivity contribution < 1.29 is 0 Å². The molecule has 0 aromatic heterocycles. The van der Waals surface area contributed by atoms with E-state index in [1.807, 2.05) is 0 Å². The molecule has 3 heteroatoms. The molecule has 1 heterocycles. The van der Waals surface area contributed by atoms with Crippen LogP contribution >= 0.6 is 22.6 Å². The normalized spacial score (nSPS) is 29.4. The number of hydrogen-bond donors (Lipinski definition) is 1.